The molecule has 0 saturated carbocycles. The van der Waals surface area contributed by atoms with Crippen molar-refractivity contribution in [3.63, 3.8) is 0 Å². The summed E-state index contributed by atoms with van der Waals surface area (Å²) in [6.45, 7) is 8.94. The van der Waals surface area contributed by atoms with E-state index >= 15 is 0 Å². The average Bonchev–Trinajstić information content (AvgIpc) is 2.00. The predicted molar refractivity (Wildman–Crippen MR) is 43.4 cm³/mol. The van der Waals surface area contributed by atoms with Crippen LogP contribution in [0.2, 0.25) is 0 Å². The highest BCUT2D eigenvalue weighted by Gasteiger charge is 1.99. The van der Waals surface area contributed by atoms with Crippen molar-refractivity contribution in [1.82, 2.24) is 0 Å². The van der Waals surface area contributed by atoms with E-state index in [4.69, 9.17) is 0 Å². The lowest BCUT2D eigenvalue weighted by Gasteiger charge is -2.00. The molecule has 0 rings (SSSR count). The van der Waals surface area contributed by atoms with Crippen LogP contribution in [0, 0.1) is 0 Å². The van der Waals surface area contributed by atoms with Crippen LogP contribution in [0.25, 0.3) is 0 Å². The molecule has 10 heavy (non-hydrogen) atoms. The third-order valence-electron chi connectivity index (χ3n) is 1.45. The molecule has 0 radical (unpaired) electrons. The third kappa shape index (κ3) is 2.18. The summed E-state index contributed by atoms with van der Waals surface area (Å²) in [6, 6.07) is 0. The Morgan fingerprint density at radius 2 is 1.80 bits per heavy atom. The number of hydrogen-bond donors (Lipinski definition) is 0. The monoisotopic (exact) mass is 140 g/mol. The van der Waals surface area contributed by atoms with Gasteiger partial charge in [-0.25, -0.2) is 4.39 Å². The summed E-state index contributed by atoms with van der Waals surface area (Å²) in [5, 5.41) is 0. The summed E-state index contributed by atoms with van der Waals surface area (Å²) in [6.07, 6.45) is 3.25. The van der Waals surface area contributed by atoms with Crippen molar-refractivity contribution in [2.24, 2.45) is 0 Å². The number of allylic oxidation sites excluding steroid dienone is 5. The zero-order chi connectivity index (χ0) is 8.15. The maximum atomic E-state index is 12.7. The van der Waals surface area contributed by atoms with E-state index in [1.165, 1.54) is 6.08 Å². The first-order valence-corrected chi connectivity index (χ1v) is 3.27. The SMILES string of the molecule is C=C(/C(C)=C\C)/C(F)=C\C. The van der Waals surface area contributed by atoms with E-state index in [1.54, 1.807) is 6.92 Å². The van der Waals surface area contributed by atoms with Gasteiger partial charge in [0.15, 0.2) is 0 Å². The quantitative estimate of drug-likeness (QED) is 0.516. The van der Waals surface area contributed by atoms with Crippen molar-refractivity contribution < 1.29 is 4.39 Å². The minimum atomic E-state index is -0.240. The van der Waals surface area contributed by atoms with Crippen molar-refractivity contribution in [3.05, 3.63) is 35.7 Å². The van der Waals surface area contributed by atoms with Gasteiger partial charge >= 0.3 is 0 Å². The maximum absolute atomic E-state index is 12.7. The largest absolute Gasteiger partial charge is 0.207 e. The fourth-order valence-corrected chi connectivity index (χ4v) is 0.537. The number of hydrogen-bond acceptors (Lipinski definition) is 0. The van der Waals surface area contributed by atoms with Gasteiger partial charge in [-0.1, -0.05) is 18.7 Å². The predicted octanol–water partition coefficient (Wildman–Crippen LogP) is 3.38. The molecule has 0 aliphatic heterocycles. The number of halogens is 1. The Hall–Kier alpha value is -0.850. The molecule has 56 valence electrons. The van der Waals surface area contributed by atoms with Crippen molar-refractivity contribution >= 4 is 0 Å². The molecule has 0 nitrogen and oxygen atoms in total. The summed E-state index contributed by atoms with van der Waals surface area (Å²) >= 11 is 0. The van der Waals surface area contributed by atoms with Gasteiger partial charge in [-0.2, -0.15) is 0 Å². The Kier molecular flexibility index (Phi) is 3.70. The minimum Gasteiger partial charge on any atom is -0.207 e. The molecule has 0 spiro atoms. The molecule has 0 aromatic heterocycles. The molecule has 0 aliphatic rings. The highest BCUT2D eigenvalue weighted by atomic mass is 19.1. The van der Waals surface area contributed by atoms with Crippen LogP contribution in [0.5, 0.6) is 0 Å². The van der Waals surface area contributed by atoms with Gasteiger partial charge in [-0.15, -0.1) is 0 Å². The fourth-order valence-electron chi connectivity index (χ4n) is 0.537. The Morgan fingerprint density at radius 3 is 2.10 bits per heavy atom. The first-order valence-electron chi connectivity index (χ1n) is 3.27. The summed E-state index contributed by atoms with van der Waals surface area (Å²) in [4.78, 5) is 0. The van der Waals surface area contributed by atoms with E-state index in [9.17, 15) is 4.39 Å². The highest BCUT2D eigenvalue weighted by Crippen LogP contribution is 2.17. The van der Waals surface area contributed by atoms with E-state index in [1.807, 2.05) is 19.9 Å². The van der Waals surface area contributed by atoms with Crippen LogP contribution in [0.15, 0.2) is 35.7 Å². The molecule has 0 bridgehead atoms. The van der Waals surface area contributed by atoms with Crippen LogP contribution in [0.4, 0.5) is 4.39 Å². The topological polar surface area (TPSA) is 0 Å². The van der Waals surface area contributed by atoms with Gasteiger partial charge in [0.05, 0.1) is 0 Å². The second-order valence-electron chi connectivity index (χ2n) is 2.09. The van der Waals surface area contributed by atoms with Crippen LogP contribution in [-0.2, 0) is 0 Å². The molecule has 0 aromatic carbocycles. The lowest BCUT2D eigenvalue weighted by atomic mass is 10.1. The molecule has 0 amide bonds. The van der Waals surface area contributed by atoms with Crippen LogP contribution in [0.1, 0.15) is 20.8 Å². The Labute approximate surface area is 61.8 Å². The number of rotatable bonds is 2. The van der Waals surface area contributed by atoms with Crippen LogP contribution >= 0.6 is 0 Å². The van der Waals surface area contributed by atoms with E-state index < -0.39 is 0 Å². The van der Waals surface area contributed by atoms with Gasteiger partial charge in [0, 0.05) is 5.57 Å². The van der Waals surface area contributed by atoms with E-state index in [-0.39, 0.29) is 5.83 Å². The van der Waals surface area contributed by atoms with Crippen molar-refractivity contribution in [2.75, 3.05) is 0 Å². The standard InChI is InChI=1S/C9H13F/c1-5-7(3)8(4)9(10)6-2/h5-6H,4H2,1-3H3/b7-5-,9-6+. The molecular formula is C9H13F. The van der Waals surface area contributed by atoms with Crippen molar-refractivity contribution in [3.8, 4) is 0 Å². The summed E-state index contributed by atoms with van der Waals surface area (Å²) < 4.78 is 12.7. The van der Waals surface area contributed by atoms with Crippen molar-refractivity contribution in [2.45, 2.75) is 20.8 Å². The molecule has 0 aromatic rings. The summed E-state index contributed by atoms with van der Waals surface area (Å²) in [5.74, 6) is -0.240. The second kappa shape index (κ2) is 4.04. The maximum Gasteiger partial charge on any atom is 0.125 e. The van der Waals surface area contributed by atoms with E-state index in [2.05, 4.69) is 6.58 Å². The van der Waals surface area contributed by atoms with Gasteiger partial charge < -0.3 is 0 Å². The van der Waals surface area contributed by atoms with Crippen LogP contribution in [-0.4, -0.2) is 0 Å². The van der Waals surface area contributed by atoms with Crippen LogP contribution in [0.3, 0.4) is 0 Å². The van der Waals surface area contributed by atoms with Gasteiger partial charge in [0.1, 0.15) is 5.83 Å². The zero-order valence-corrected chi connectivity index (χ0v) is 6.74. The van der Waals surface area contributed by atoms with E-state index in [0.29, 0.717) is 5.57 Å². The van der Waals surface area contributed by atoms with Gasteiger partial charge in [0.2, 0.25) is 0 Å². The Bertz CT molecular complexity index is 165. The summed E-state index contributed by atoms with van der Waals surface area (Å²) in [7, 11) is 0. The lowest BCUT2D eigenvalue weighted by molar-refractivity contribution is 0.652. The third-order valence-corrected chi connectivity index (χ3v) is 1.45. The normalized spacial score (nSPS) is 13.6. The Morgan fingerprint density at radius 1 is 1.30 bits per heavy atom. The zero-order valence-electron chi connectivity index (χ0n) is 6.74. The van der Waals surface area contributed by atoms with E-state index in [0.717, 1.165) is 5.57 Å². The van der Waals surface area contributed by atoms with Crippen molar-refractivity contribution in [1.29, 1.82) is 0 Å². The van der Waals surface area contributed by atoms with Crippen LogP contribution < -0.4 is 0 Å². The minimum absolute atomic E-state index is 0.240. The average molecular weight is 140 g/mol. The molecule has 0 heterocycles. The second-order valence-corrected chi connectivity index (χ2v) is 2.09. The molecule has 0 N–H and O–H groups in total. The molecule has 0 saturated heterocycles. The van der Waals surface area contributed by atoms with Gasteiger partial charge in [-0.3, -0.25) is 0 Å². The first kappa shape index (κ1) is 9.15. The highest BCUT2D eigenvalue weighted by molar-refractivity contribution is 5.39. The first-order chi connectivity index (χ1) is 4.63. The molecular weight excluding hydrogens is 127 g/mol. The smallest absolute Gasteiger partial charge is 0.125 e. The molecule has 0 fully saturated rings. The molecule has 0 aliphatic carbocycles. The Balaban J connectivity index is 4.39. The van der Waals surface area contributed by atoms with Gasteiger partial charge in [0.25, 0.3) is 0 Å². The van der Waals surface area contributed by atoms with Gasteiger partial charge in [-0.05, 0) is 26.3 Å². The molecule has 0 unspecified atom stereocenters. The lowest BCUT2D eigenvalue weighted by Crippen LogP contribution is -1.82. The molecule has 1 heteroatoms. The molecule has 0 atom stereocenters. The summed E-state index contributed by atoms with van der Waals surface area (Å²) in [5.41, 5.74) is 1.36. The fraction of sp³-hybridized carbons (Fsp3) is 0.333.